The molecule has 0 aliphatic heterocycles. The summed E-state index contributed by atoms with van der Waals surface area (Å²) in [5, 5.41) is 7.50. The minimum Gasteiger partial charge on any atom is -0.299 e. The molecule has 1 unspecified atom stereocenters. The van der Waals surface area contributed by atoms with Crippen LogP contribution in [0, 0.1) is 0 Å². The Kier molecular flexibility index (Phi) is 1.51. The largest absolute Gasteiger partial charge is 0.299 e. The molecule has 0 spiro atoms. The van der Waals surface area contributed by atoms with Gasteiger partial charge >= 0.3 is 0 Å². The Morgan fingerprint density at radius 1 is 1.83 bits per heavy atom. The predicted molar refractivity (Wildman–Crippen MR) is 20.9 cm³/mol. The molecule has 0 aliphatic carbocycles. The summed E-state index contributed by atoms with van der Waals surface area (Å²) in [6, 6.07) is 0. The van der Waals surface area contributed by atoms with Crippen molar-refractivity contribution < 1.29 is 14.0 Å². The van der Waals surface area contributed by atoms with Crippen molar-refractivity contribution in [2.45, 2.75) is 0 Å². The van der Waals surface area contributed by atoms with Crippen LogP contribution in [-0.2, 0) is 10.0 Å². The summed E-state index contributed by atoms with van der Waals surface area (Å²) in [4.78, 5) is 0. The minimum atomic E-state index is -3.23. The van der Waals surface area contributed by atoms with E-state index in [0.717, 1.165) is 6.26 Å². The fraction of sp³-hybridized carbons (Fsp3) is 1.00. The highest BCUT2D eigenvalue weighted by atomic mass is 32.2. The normalized spacial score (nSPS) is 19.2. The molecule has 0 aromatic carbocycles. The van der Waals surface area contributed by atoms with Crippen LogP contribution in [0.5, 0.6) is 0 Å². The van der Waals surface area contributed by atoms with Crippen LogP contribution in [0.2, 0.25) is 0 Å². The summed E-state index contributed by atoms with van der Waals surface area (Å²) in [6.45, 7) is 0. The van der Waals surface area contributed by atoms with Crippen molar-refractivity contribution in [1.82, 2.24) is 0 Å². The van der Waals surface area contributed by atoms with Crippen LogP contribution >= 0.6 is 0 Å². The fourth-order valence-corrected chi connectivity index (χ4v) is 0. The van der Waals surface area contributed by atoms with E-state index < -0.39 is 10.0 Å². The van der Waals surface area contributed by atoms with E-state index in [2.05, 4.69) is 4.53 Å². The smallest absolute Gasteiger partial charge is 0.184 e. The van der Waals surface area contributed by atoms with E-state index >= 15 is 0 Å². The van der Waals surface area contributed by atoms with Crippen molar-refractivity contribution in [3.05, 3.63) is 0 Å². The molecule has 0 saturated heterocycles. The van der Waals surface area contributed by atoms with Gasteiger partial charge in [-0.05, 0) is 0 Å². The Hall–Kier alpha value is -0.130. The van der Waals surface area contributed by atoms with Gasteiger partial charge in [0, 0.05) is 6.26 Å². The first kappa shape index (κ1) is 5.87. The topological polar surface area (TPSA) is 69.9 Å². The molecule has 5 heteroatoms. The summed E-state index contributed by atoms with van der Waals surface area (Å²) in [7, 11) is -3.23. The lowest BCUT2D eigenvalue weighted by Gasteiger charge is -1.80. The van der Waals surface area contributed by atoms with Crippen molar-refractivity contribution in [2.24, 2.45) is 4.53 Å². The van der Waals surface area contributed by atoms with E-state index in [1.54, 1.807) is 0 Å². The Labute approximate surface area is 35.8 Å². The molecule has 0 aromatic heterocycles. The molecule has 4 nitrogen and oxygen atoms in total. The van der Waals surface area contributed by atoms with Gasteiger partial charge in [0.2, 0.25) is 0 Å². The van der Waals surface area contributed by atoms with E-state index in [1.165, 1.54) is 0 Å². The molecule has 0 saturated carbocycles. The lowest BCUT2D eigenvalue weighted by molar-refractivity contribution is 0.317. The molecule has 6 heavy (non-hydrogen) atoms. The van der Waals surface area contributed by atoms with Gasteiger partial charge in [-0.1, -0.05) is 4.53 Å². The maximum Gasteiger partial charge on any atom is 0.184 e. The summed E-state index contributed by atoms with van der Waals surface area (Å²) < 4.78 is 19.7. The molecule has 0 amide bonds. The highest BCUT2D eigenvalue weighted by molar-refractivity contribution is 7.87. The number of hydrogen-bond acceptors (Lipinski definition) is 2. The van der Waals surface area contributed by atoms with Crippen LogP contribution in [-0.4, -0.2) is 20.2 Å². The molecule has 38 valence electrons. The van der Waals surface area contributed by atoms with E-state index in [0.29, 0.717) is 0 Å². The second-order valence-electron chi connectivity index (χ2n) is 0.844. The third-order valence-corrected chi connectivity index (χ3v) is 0.454. The second kappa shape index (κ2) is 1.55. The van der Waals surface area contributed by atoms with Gasteiger partial charge in [0.25, 0.3) is 0 Å². The van der Waals surface area contributed by atoms with Crippen LogP contribution < -0.4 is 0 Å². The summed E-state index contributed by atoms with van der Waals surface area (Å²) in [5.74, 6) is 0. The SMILES string of the molecule is CS(=O)(O)=NO. The van der Waals surface area contributed by atoms with Crippen LogP contribution in [0.1, 0.15) is 0 Å². The Morgan fingerprint density at radius 2 is 2.00 bits per heavy atom. The number of rotatable bonds is 0. The highest BCUT2D eigenvalue weighted by Gasteiger charge is 1.82. The van der Waals surface area contributed by atoms with Crippen molar-refractivity contribution in [3.63, 3.8) is 0 Å². The zero-order chi connectivity index (χ0) is 5.21. The van der Waals surface area contributed by atoms with Crippen molar-refractivity contribution in [1.29, 1.82) is 0 Å². The molecular formula is CH5NO3S. The van der Waals surface area contributed by atoms with Gasteiger partial charge in [0.15, 0.2) is 10.0 Å². The Morgan fingerprint density at radius 3 is 2.00 bits per heavy atom. The molecule has 0 fully saturated rings. The first-order valence-electron chi connectivity index (χ1n) is 1.14. The maximum atomic E-state index is 9.69. The van der Waals surface area contributed by atoms with E-state index in [-0.39, 0.29) is 0 Å². The predicted octanol–water partition coefficient (Wildman–Crippen LogP) is -0.0536. The highest BCUT2D eigenvalue weighted by Crippen LogP contribution is 1.73. The summed E-state index contributed by atoms with van der Waals surface area (Å²) in [6.07, 6.45) is 0.910. The van der Waals surface area contributed by atoms with Crippen LogP contribution in [0.25, 0.3) is 0 Å². The average Bonchev–Trinajstić information content (AvgIpc) is 1.35. The van der Waals surface area contributed by atoms with Gasteiger partial charge in [-0.25, -0.2) is 4.21 Å². The molecule has 0 heterocycles. The quantitative estimate of drug-likeness (QED) is 0.430. The molecule has 0 aliphatic rings. The van der Waals surface area contributed by atoms with Crippen LogP contribution in [0.3, 0.4) is 0 Å². The molecule has 0 bridgehead atoms. The Balaban J connectivity index is 4.24. The molecule has 0 rings (SSSR count). The summed E-state index contributed by atoms with van der Waals surface area (Å²) in [5.41, 5.74) is 0. The fourth-order valence-electron chi connectivity index (χ4n) is 0. The third kappa shape index (κ3) is 3.87. The first-order valence-corrected chi connectivity index (χ1v) is 3.02. The van der Waals surface area contributed by atoms with E-state index in [1.807, 2.05) is 0 Å². The zero-order valence-electron chi connectivity index (χ0n) is 3.16. The molecule has 0 radical (unpaired) electrons. The van der Waals surface area contributed by atoms with Crippen molar-refractivity contribution in [3.8, 4) is 0 Å². The van der Waals surface area contributed by atoms with Gasteiger partial charge in [-0.3, -0.25) is 9.76 Å². The van der Waals surface area contributed by atoms with E-state index in [4.69, 9.17) is 9.76 Å². The van der Waals surface area contributed by atoms with Gasteiger partial charge in [-0.15, -0.1) is 0 Å². The first-order chi connectivity index (χ1) is 2.56. The van der Waals surface area contributed by atoms with Gasteiger partial charge in [0.05, 0.1) is 0 Å². The second-order valence-corrected chi connectivity index (χ2v) is 2.53. The van der Waals surface area contributed by atoms with Crippen LogP contribution in [0.15, 0.2) is 4.53 Å². The molecule has 2 N–H and O–H groups in total. The van der Waals surface area contributed by atoms with Crippen LogP contribution in [0.4, 0.5) is 0 Å². The van der Waals surface area contributed by atoms with E-state index in [9.17, 15) is 4.21 Å². The maximum absolute atomic E-state index is 9.69. The third-order valence-electron chi connectivity index (χ3n) is 0.151. The minimum absolute atomic E-state index is 0.910. The lowest BCUT2D eigenvalue weighted by Crippen LogP contribution is -1.89. The Bertz CT molecular complexity index is 124. The number of nitrogens with zero attached hydrogens (tertiary/aromatic N) is 1. The summed E-state index contributed by atoms with van der Waals surface area (Å²) >= 11 is 0. The molecule has 1 atom stereocenters. The van der Waals surface area contributed by atoms with Gasteiger partial charge in [0.1, 0.15) is 0 Å². The average molecular weight is 111 g/mol. The van der Waals surface area contributed by atoms with Gasteiger partial charge in [-0.2, -0.15) is 0 Å². The molecule has 0 aromatic rings. The van der Waals surface area contributed by atoms with Gasteiger partial charge < -0.3 is 0 Å². The zero-order valence-corrected chi connectivity index (χ0v) is 3.97. The molecular weight excluding hydrogens is 106 g/mol. The number of hydrogen-bond donors (Lipinski definition) is 2. The lowest BCUT2D eigenvalue weighted by atomic mass is 12.0. The monoisotopic (exact) mass is 111 g/mol. The van der Waals surface area contributed by atoms with Crippen molar-refractivity contribution in [2.75, 3.05) is 6.26 Å². The van der Waals surface area contributed by atoms with Crippen molar-refractivity contribution >= 4 is 10.0 Å². The standard InChI is InChI=1S/CH5NO3S/c1-6(4,5)2-3/h3H,1H3,(H,2,4,5).